The second-order valence-electron chi connectivity index (χ2n) is 6.18. The molecule has 0 saturated carbocycles. The van der Waals surface area contributed by atoms with Gasteiger partial charge in [-0.25, -0.2) is 0 Å². The molecule has 1 atom stereocenters. The van der Waals surface area contributed by atoms with Gasteiger partial charge in [-0.05, 0) is 29.5 Å². The van der Waals surface area contributed by atoms with Crippen LogP contribution in [0.5, 0.6) is 0 Å². The number of carbonyl (C=O) groups excluding carboxylic acids is 1. The van der Waals surface area contributed by atoms with Crippen molar-refractivity contribution in [3.05, 3.63) is 108 Å². The third-order valence-corrected chi connectivity index (χ3v) is 4.36. The van der Waals surface area contributed by atoms with Crippen LogP contribution in [0, 0.1) is 0 Å². The molecular weight excluding hydrogens is 306 g/mol. The van der Waals surface area contributed by atoms with Crippen molar-refractivity contribution in [3.63, 3.8) is 0 Å². The van der Waals surface area contributed by atoms with E-state index in [1.54, 1.807) is 0 Å². The van der Waals surface area contributed by atoms with E-state index >= 15 is 0 Å². The van der Waals surface area contributed by atoms with Gasteiger partial charge >= 0.3 is 0 Å². The first kappa shape index (κ1) is 17.0. The fourth-order valence-electron chi connectivity index (χ4n) is 2.99. The number of hydrogen-bond acceptors (Lipinski definition) is 1. The molecule has 0 saturated heterocycles. The molecule has 0 spiro atoms. The molecule has 0 unspecified atom stereocenters. The lowest BCUT2D eigenvalue weighted by Crippen LogP contribution is -2.32. The standard InChI is InChI=1S/C23H23NO/c25-23(24-17-16-19-10-4-1-5-11-19)22(21-14-8-3-9-15-21)18-20-12-6-2-7-13-20/h1-15,22H,16-18H2,(H,24,25)/t22-/m1/s1. The predicted octanol–water partition coefficient (Wildman–Crippen LogP) is 4.37. The Bertz CT molecular complexity index is 769. The second kappa shape index (κ2) is 8.84. The quantitative estimate of drug-likeness (QED) is 0.685. The molecule has 0 aliphatic heterocycles. The molecule has 3 aromatic carbocycles. The van der Waals surface area contributed by atoms with Crippen LogP contribution in [0.1, 0.15) is 22.6 Å². The van der Waals surface area contributed by atoms with Crippen molar-refractivity contribution in [2.45, 2.75) is 18.8 Å². The van der Waals surface area contributed by atoms with Crippen LogP contribution >= 0.6 is 0 Å². The van der Waals surface area contributed by atoms with Crippen molar-refractivity contribution < 1.29 is 4.79 Å². The summed E-state index contributed by atoms with van der Waals surface area (Å²) >= 11 is 0. The average Bonchev–Trinajstić information content (AvgIpc) is 2.68. The molecule has 1 N–H and O–H groups in total. The summed E-state index contributed by atoms with van der Waals surface area (Å²) in [5, 5.41) is 3.11. The molecule has 0 radical (unpaired) electrons. The van der Waals surface area contributed by atoms with Gasteiger partial charge in [-0.1, -0.05) is 91.0 Å². The van der Waals surface area contributed by atoms with E-state index in [2.05, 4.69) is 29.6 Å². The predicted molar refractivity (Wildman–Crippen MR) is 102 cm³/mol. The highest BCUT2D eigenvalue weighted by Gasteiger charge is 2.20. The number of rotatable bonds is 7. The van der Waals surface area contributed by atoms with Gasteiger partial charge in [-0.15, -0.1) is 0 Å². The van der Waals surface area contributed by atoms with Crippen molar-refractivity contribution in [2.24, 2.45) is 0 Å². The minimum atomic E-state index is -0.167. The zero-order chi connectivity index (χ0) is 17.3. The molecule has 25 heavy (non-hydrogen) atoms. The van der Waals surface area contributed by atoms with Gasteiger partial charge in [0.05, 0.1) is 5.92 Å². The molecule has 0 heterocycles. The van der Waals surface area contributed by atoms with Crippen molar-refractivity contribution in [1.82, 2.24) is 5.32 Å². The molecule has 126 valence electrons. The second-order valence-corrected chi connectivity index (χ2v) is 6.18. The zero-order valence-corrected chi connectivity index (χ0v) is 14.3. The Labute approximate surface area is 149 Å². The summed E-state index contributed by atoms with van der Waals surface area (Å²) < 4.78 is 0. The summed E-state index contributed by atoms with van der Waals surface area (Å²) in [5.74, 6) is -0.0784. The van der Waals surface area contributed by atoms with E-state index < -0.39 is 0 Å². The molecular formula is C23H23NO. The Hall–Kier alpha value is -2.87. The number of nitrogens with one attached hydrogen (secondary N) is 1. The van der Waals surface area contributed by atoms with Crippen molar-refractivity contribution in [2.75, 3.05) is 6.54 Å². The third-order valence-electron chi connectivity index (χ3n) is 4.36. The molecule has 0 aliphatic carbocycles. The van der Waals surface area contributed by atoms with Crippen molar-refractivity contribution in [1.29, 1.82) is 0 Å². The Balaban J connectivity index is 1.67. The SMILES string of the molecule is O=C(NCCc1ccccc1)[C@H](Cc1ccccc1)c1ccccc1. The summed E-state index contributed by atoms with van der Waals surface area (Å²) in [7, 11) is 0. The molecule has 3 rings (SSSR count). The van der Waals surface area contributed by atoms with Gasteiger partial charge < -0.3 is 5.32 Å². The van der Waals surface area contributed by atoms with Crippen LogP contribution in [-0.4, -0.2) is 12.5 Å². The molecule has 0 aromatic heterocycles. The Kier molecular flexibility index (Phi) is 6.00. The molecule has 2 nitrogen and oxygen atoms in total. The largest absolute Gasteiger partial charge is 0.355 e. The summed E-state index contributed by atoms with van der Waals surface area (Å²) in [6.07, 6.45) is 1.56. The van der Waals surface area contributed by atoms with Crippen LogP contribution in [0.3, 0.4) is 0 Å². The fraction of sp³-hybridized carbons (Fsp3) is 0.174. The number of benzene rings is 3. The minimum absolute atomic E-state index is 0.0889. The average molecular weight is 329 g/mol. The van der Waals surface area contributed by atoms with E-state index in [9.17, 15) is 4.79 Å². The Morgan fingerprint density at radius 2 is 1.24 bits per heavy atom. The number of carbonyl (C=O) groups is 1. The normalized spacial score (nSPS) is 11.7. The minimum Gasteiger partial charge on any atom is -0.355 e. The first-order valence-electron chi connectivity index (χ1n) is 8.73. The van der Waals surface area contributed by atoms with Gasteiger partial charge in [0, 0.05) is 6.54 Å². The summed E-state index contributed by atoms with van der Waals surface area (Å²) in [6.45, 7) is 0.654. The maximum Gasteiger partial charge on any atom is 0.227 e. The maximum absolute atomic E-state index is 12.8. The molecule has 2 heteroatoms. The third kappa shape index (κ3) is 5.05. The number of hydrogen-bond donors (Lipinski definition) is 1. The Morgan fingerprint density at radius 3 is 1.84 bits per heavy atom. The van der Waals surface area contributed by atoms with Crippen LogP contribution in [0.2, 0.25) is 0 Å². The van der Waals surface area contributed by atoms with Crippen LogP contribution in [0.4, 0.5) is 0 Å². The fourth-order valence-corrected chi connectivity index (χ4v) is 2.99. The van der Waals surface area contributed by atoms with Gasteiger partial charge in [0.15, 0.2) is 0 Å². The molecule has 1 amide bonds. The lowest BCUT2D eigenvalue weighted by molar-refractivity contribution is -0.122. The van der Waals surface area contributed by atoms with Gasteiger partial charge in [-0.3, -0.25) is 4.79 Å². The highest BCUT2D eigenvalue weighted by atomic mass is 16.1. The smallest absolute Gasteiger partial charge is 0.227 e. The van der Waals surface area contributed by atoms with Crippen LogP contribution in [0.25, 0.3) is 0 Å². The van der Waals surface area contributed by atoms with Gasteiger partial charge in [0.25, 0.3) is 0 Å². The topological polar surface area (TPSA) is 29.1 Å². The van der Waals surface area contributed by atoms with E-state index in [0.717, 1.165) is 12.0 Å². The van der Waals surface area contributed by atoms with E-state index in [1.165, 1.54) is 11.1 Å². The maximum atomic E-state index is 12.8. The highest BCUT2D eigenvalue weighted by Crippen LogP contribution is 2.21. The highest BCUT2D eigenvalue weighted by molar-refractivity contribution is 5.84. The lowest BCUT2D eigenvalue weighted by atomic mass is 9.91. The van der Waals surface area contributed by atoms with E-state index in [-0.39, 0.29) is 11.8 Å². The lowest BCUT2D eigenvalue weighted by Gasteiger charge is -2.17. The van der Waals surface area contributed by atoms with Gasteiger partial charge in [-0.2, -0.15) is 0 Å². The summed E-state index contributed by atoms with van der Waals surface area (Å²) in [6, 6.07) is 30.5. The van der Waals surface area contributed by atoms with E-state index in [0.29, 0.717) is 13.0 Å². The first-order valence-corrected chi connectivity index (χ1v) is 8.73. The molecule has 0 fully saturated rings. The van der Waals surface area contributed by atoms with Crippen LogP contribution in [-0.2, 0) is 17.6 Å². The number of amides is 1. The van der Waals surface area contributed by atoms with Gasteiger partial charge in [0.1, 0.15) is 0 Å². The Morgan fingerprint density at radius 1 is 0.720 bits per heavy atom. The molecule has 3 aromatic rings. The van der Waals surface area contributed by atoms with Crippen LogP contribution in [0.15, 0.2) is 91.0 Å². The van der Waals surface area contributed by atoms with Crippen molar-refractivity contribution in [3.8, 4) is 0 Å². The van der Waals surface area contributed by atoms with E-state index in [1.807, 2.05) is 66.7 Å². The molecule has 0 bridgehead atoms. The summed E-state index contributed by atoms with van der Waals surface area (Å²) in [5.41, 5.74) is 3.47. The van der Waals surface area contributed by atoms with Crippen LogP contribution < -0.4 is 5.32 Å². The summed E-state index contributed by atoms with van der Waals surface area (Å²) in [4.78, 5) is 12.8. The molecule has 0 aliphatic rings. The van der Waals surface area contributed by atoms with Gasteiger partial charge in [0.2, 0.25) is 5.91 Å². The van der Waals surface area contributed by atoms with Crippen molar-refractivity contribution >= 4 is 5.91 Å². The van der Waals surface area contributed by atoms with E-state index in [4.69, 9.17) is 0 Å². The monoisotopic (exact) mass is 329 g/mol. The first-order chi connectivity index (χ1) is 12.3. The zero-order valence-electron chi connectivity index (χ0n) is 14.3.